The first-order valence-corrected chi connectivity index (χ1v) is 12.4. The molecule has 9 nitrogen and oxygen atoms in total. The summed E-state index contributed by atoms with van der Waals surface area (Å²) in [4.78, 5) is 16.7. The summed E-state index contributed by atoms with van der Waals surface area (Å²) < 4.78 is 29.7. The van der Waals surface area contributed by atoms with Gasteiger partial charge >= 0.3 is 0 Å². The van der Waals surface area contributed by atoms with Crippen LogP contribution < -0.4 is 5.32 Å². The van der Waals surface area contributed by atoms with Gasteiger partial charge in [-0.3, -0.25) is 4.79 Å². The topological polar surface area (TPSA) is 110 Å². The first-order chi connectivity index (χ1) is 13.3. The van der Waals surface area contributed by atoms with Crippen molar-refractivity contribution in [1.82, 2.24) is 24.1 Å². The van der Waals surface area contributed by atoms with Crippen LogP contribution in [0.5, 0.6) is 0 Å². The molecular formula is C16H24N6O3S3. The molecule has 0 radical (unpaired) electrons. The van der Waals surface area contributed by atoms with Gasteiger partial charge in [0.2, 0.25) is 11.0 Å². The molecule has 2 aromatic heterocycles. The number of aromatic nitrogens is 4. The van der Waals surface area contributed by atoms with Crippen molar-refractivity contribution in [2.45, 2.75) is 49.0 Å². The number of carbonyl (C=O) groups is 1. The number of rotatable bonds is 7. The number of nitrogens with zero attached hydrogens (tertiary/aromatic N) is 5. The summed E-state index contributed by atoms with van der Waals surface area (Å²) in [5, 5.41) is 11.2. The third-order valence-corrected chi connectivity index (χ3v) is 8.04. The van der Waals surface area contributed by atoms with Crippen molar-refractivity contribution in [3.05, 3.63) is 12.5 Å². The molecule has 154 valence electrons. The lowest BCUT2D eigenvalue weighted by Gasteiger charge is -2.30. The number of hydrogen-bond acceptors (Lipinski definition) is 8. The second-order valence-corrected chi connectivity index (χ2v) is 11.1. The van der Waals surface area contributed by atoms with Crippen molar-refractivity contribution in [3.8, 4) is 0 Å². The van der Waals surface area contributed by atoms with Gasteiger partial charge in [-0.1, -0.05) is 30.0 Å². The first-order valence-electron chi connectivity index (χ1n) is 9.12. The predicted octanol–water partition coefficient (Wildman–Crippen LogP) is 2.47. The number of imidazole rings is 1. The third-order valence-electron chi connectivity index (χ3n) is 4.44. The predicted molar refractivity (Wildman–Crippen MR) is 109 cm³/mol. The summed E-state index contributed by atoms with van der Waals surface area (Å²) in [7, 11) is -3.72. The van der Waals surface area contributed by atoms with E-state index in [-0.39, 0.29) is 23.5 Å². The van der Waals surface area contributed by atoms with Crippen molar-refractivity contribution in [2.24, 2.45) is 5.92 Å². The standard InChI is InChI=1S/C16H24N6O3S3/c1-4-26-16-20-19-15(27-16)18-14(23)12-6-5-7-22(8-12)28(24,25)13-9-21(10-17-13)11(2)3/h9-12H,4-8H2,1-3H3,(H,18,19,23). The minimum absolute atomic E-state index is 0.0209. The lowest BCUT2D eigenvalue weighted by molar-refractivity contribution is -0.120. The number of sulfonamides is 1. The summed E-state index contributed by atoms with van der Waals surface area (Å²) >= 11 is 2.88. The fourth-order valence-corrected chi connectivity index (χ4v) is 5.99. The second-order valence-electron chi connectivity index (χ2n) is 6.75. The van der Waals surface area contributed by atoms with E-state index in [1.54, 1.807) is 16.3 Å². The number of piperidine rings is 1. The highest BCUT2D eigenvalue weighted by Crippen LogP contribution is 2.27. The Labute approximate surface area is 173 Å². The maximum atomic E-state index is 12.9. The number of amides is 1. The van der Waals surface area contributed by atoms with Crippen LogP contribution in [0.2, 0.25) is 0 Å². The van der Waals surface area contributed by atoms with Crippen LogP contribution in [0.25, 0.3) is 0 Å². The summed E-state index contributed by atoms with van der Waals surface area (Å²) in [6, 6.07) is 0.124. The maximum Gasteiger partial charge on any atom is 0.262 e. The zero-order valence-electron chi connectivity index (χ0n) is 16.0. The van der Waals surface area contributed by atoms with Crippen LogP contribution in [0.4, 0.5) is 5.13 Å². The van der Waals surface area contributed by atoms with Gasteiger partial charge in [-0.15, -0.1) is 10.2 Å². The van der Waals surface area contributed by atoms with E-state index >= 15 is 0 Å². The lowest BCUT2D eigenvalue weighted by atomic mass is 9.99. The van der Waals surface area contributed by atoms with E-state index < -0.39 is 15.9 Å². The van der Waals surface area contributed by atoms with E-state index in [0.29, 0.717) is 24.5 Å². The van der Waals surface area contributed by atoms with Gasteiger partial charge in [-0.25, -0.2) is 13.4 Å². The summed E-state index contributed by atoms with van der Waals surface area (Å²) in [6.07, 6.45) is 4.31. The zero-order valence-corrected chi connectivity index (χ0v) is 18.5. The number of thioether (sulfide) groups is 1. The van der Waals surface area contributed by atoms with Crippen LogP contribution in [0.3, 0.4) is 0 Å². The van der Waals surface area contributed by atoms with Gasteiger partial charge in [0.1, 0.15) is 0 Å². The summed E-state index contributed by atoms with van der Waals surface area (Å²) in [6.45, 7) is 6.45. The normalized spacial score (nSPS) is 18.5. The molecule has 0 aromatic carbocycles. The molecule has 0 spiro atoms. The average Bonchev–Trinajstić information content (AvgIpc) is 3.32. The lowest BCUT2D eigenvalue weighted by Crippen LogP contribution is -2.43. The Morgan fingerprint density at radius 1 is 1.43 bits per heavy atom. The zero-order chi connectivity index (χ0) is 20.3. The quantitative estimate of drug-likeness (QED) is 0.516. The van der Waals surface area contributed by atoms with Gasteiger partial charge in [0, 0.05) is 25.3 Å². The largest absolute Gasteiger partial charge is 0.334 e. The van der Waals surface area contributed by atoms with Gasteiger partial charge in [-0.05, 0) is 32.4 Å². The average molecular weight is 445 g/mol. The highest BCUT2D eigenvalue weighted by Gasteiger charge is 2.34. The molecule has 1 aliphatic heterocycles. The Balaban J connectivity index is 1.67. The third kappa shape index (κ3) is 4.73. The number of anilines is 1. The molecule has 1 unspecified atom stereocenters. The van der Waals surface area contributed by atoms with Gasteiger partial charge in [0.15, 0.2) is 9.37 Å². The number of hydrogen-bond donors (Lipinski definition) is 1. The maximum absolute atomic E-state index is 12.9. The SMILES string of the molecule is CCSc1nnc(NC(=O)C2CCCN(S(=O)(=O)c3cn(C(C)C)cn3)C2)s1. The van der Waals surface area contributed by atoms with Crippen molar-refractivity contribution >= 4 is 44.2 Å². The van der Waals surface area contributed by atoms with Crippen molar-refractivity contribution in [3.63, 3.8) is 0 Å². The van der Waals surface area contributed by atoms with Crippen LogP contribution >= 0.6 is 23.1 Å². The van der Waals surface area contributed by atoms with E-state index in [2.05, 4.69) is 20.5 Å². The summed E-state index contributed by atoms with van der Waals surface area (Å²) in [5.74, 6) is 0.226. The Morgan fingerprint density at radius 3 is 2.89 bits per heavy atom. The number of nitrogens with one attached hydrogen (secondary N) is 1. The first kappa shape index (κ1) is 21.2. The molecule has 1 amide bonds. The second kappa shape index (κ2) is 8.89. The number of carbonyl (C=O) groups excluding carboxylic acids is 1. The molecule has 1 saturated heterocycles. The van der Waals surface area contributed by atoms with E-state index in [9.17, 15) is 13.2 Å². The van der Waals surface area contributed by atoms with E-state index in [0.717, 1.165) is 10.1 Å². The molecular weight excluding hydrogens is 420 g/mol. The molecule has 1 atom stereocenters. The fourth-order valence-electron chi connectivity index (χ4n) is 2.89. The fraction of sp³-hybridized carbons (Fsp3) is 0.625. The van der Waals surface area contributed by atoms with E-state index in [4.69, 9.17) is 0 Å². The molecule has 1 N–H and O–H groups in total. The van der Waals surface area contributed by atoms with Gasteiger partial charge < -0.3 is 9.88 Å². The van der Waals surface area contributed by atoms with E-state index in [1.807, 2.05) is 20.8 Å². The van der Waals surface area contributed by atoms with Crippen molar-refractivity contribution < 1.29 is 13.2 Å². The minimum Gasteiger partial charge on any atom is -0.334 e. The van der Waals surface area contributed by atoms with Crippen LogP contribution in [-0.2, 0) is 14.8 Å². The van der Waals surface area contributed by atoms with Crippen LogP contribution in [0.15, 0.2) is 21.9 Å². The van der Waals surface area contributed by atoms with Crippen molar-refractivity contribution in [2.75, 3.05) is 24.2 Å². The van der Waals surface area contributed by atoms with Crippen LogP contribution in [-0.4, -0.2) is 57.2 Å². The molecule has 1 aliphatic rings. The van der Waals surface area contributed by atoms with Crippen molar-refractivity contribution in [1.29, 1.82) is 0 Å². The highest BCUT2D eigenvalue weighted by atomic mass is 32.2. The Bertz CT molecular complexity index is 924. The molecule has 3 heterocycles. The van der Waals surface area contributed by atoms with Gasteiger partial charge in [0.25, 0.3) is 10.0 Å². The monoisotopic (exact) mass is 444 g/mol. The highest BCUT2D eigenvalue weighted by molar-refractivity contribution is 8.01. The molecule has 0 aliphatic carbocycles. The molecule has 12 heteroatoms. The molecule has 2 aromatic rings. The Kier molecular flexibility index (Phi) is 6.73. The van der Waals surface area contributed by atoms with Crippen LogP contribution in [0.1, 0.15) is 39.7 Å². The molecule has 1 fully saturated rings. The molecule has 0 saturated carbocycles. The Hall–Kier alpha value is -1.50. The summed E-state index contributed by atoms with van der Waals surface area (Å²) in [5.41, 5.74) is 0. The minimum atomic E-state index is -3.72. The van der Waals surface area contributed by atoms with Crippen LogP contribution in [0, 0.1) is 5.92 Å². The molecule has 3 rings (SSSR count). The smallest absolute Gasteiger partial charge is 0.262 e. The molecule has 0 bridgehead atoms. The Morgan fingerprint density at radius 2 is 2.21 bits per heavy atom. The van der Waals surface area contributed by atoms with Gasteiger partial charge in [0.05, 0.1) is 12.2 Å². The van der Waals surface area contributed by atoms with E-state index in [1.165, 1.54) is 28.2 Å². The molecule has 28 heavy (non-hydrogen) atoms. The van der Waals surface area contributed by atoms with Gasteiger partial charge in [-0.2, -0.15) is 4.31 Å².